The van der Waals surface area contributed by atoms with Crippen LogP contribution in [-0.2, 0) is 6.54 Å². The van der Waals surface area contributed by atoms with E-state index >= 15 is 0 Å². The average Bonchev–Trinajstić information content (AvgIpc) is 2.89. The highest BCUT2D eigenvalue weighted by Gasteiger charge is 2.14. The van der Waals surface area contributed by atoms with Crippen LogP contribution in [0.5, 0.6) is 11.6 Å². The summed E-state index contributed by atoms with van der Waals surface area (Å²) in [5.74, 6) is 1.25. The molecule has 2 heterocycles. The van der Waals surface area contributed by atoms with E-state index in [-0.39, 0.29) is 0 Å². The topological polar surface area (TPSA) is 70.9 Å². The minimum atomic E-state index is 0.303. The zero-order chi connectivity index (χ0) is 13.3. The molecule has 0 bridgehead atoms. The van der Waals surface area contributed by atoms with Crippen LogP contribution in [0.2, 0.25) is 0 Å². The van der Waals surface area contributed by atoms with Gasteiger partial charge in [-0.3, -0.25) is 4.68 Å². The Morgan fingerprint density at radius 3 is 2.72 bits per heavy atom. The van der Waals surface area contributed by atoms with Crippen LogP contribution >= 0.6 is 0 Å². The van der Waals surface area contributed by atoms with E-state index in [1.165, 1.54) is 0 Å². The van der Waals surface area contributed by atoms with Crippen molar-refractivity contribution in [2.75, 3.05) is 5.73 Å². The monoisotopic (exact) mass is 249 g/mol. The van der Waals surface area contributed by atoms with E-state index in [0.29, 0.717) is 29.9 Å². The Hall–Kier alpha value is -1.98. The highest BCUT2D eigenvalue weighted by molar-refractivity contribution is 5.53. The van der Waals surface area contributed by atoms with E-state index in [0.717, 1.165) is 5.69 Å². The van der Waals surface area contributed by atoms with Crippen molar-refractivity contribution in [3.8, 4) is 11.6 Å². The molecule has 0 unspecified atom stereocenters. The van der Waals surface area contributed by atoms with Gasteiger partial charge in [0.05, 0.1) is 18.1 Å². The van der Waals surface area contributed by atoms with Crippen molar-refractivity contribution in [1.29, 1.82) is 0 Å². The van der Waals surface area contributed by atoms with Gasteiger partial charge in [0, 0.05) is 12.6 Å². The molecule has 2 N–H and O–H groups in total. The quantitative estimate of drug-likeness (QED) is 0.903. The number of nitrogens with two attached hydrogens (primary N) is 1. The molecule has 2 aromatic rings. The molecule has 0 saturated carbocycles. The Morgan fingerprint density at radius 1 is 1.44 bits per heavy atom. The molecule has 0 atom stereocenters. The maximum absolute atomic E-state index is 5.96. The zero-order valence-electron chi connectivity index (χ0n) is 11.2. The second-order valence-electron chi connectivity index (χ2n) is 4.47. The Labute approximate surface area is 106 Å². The van der Waals surface area contributed by atoms with Crippen molar-refractivity contribution in [2.45, 2.75) is 40.3 Å². The van der Waals surface area contributed by atoms with Crippen LogP contribution in [0, 0.1) is 6.92 Å². The Bertz CT molecular complexity index is 541. The molecule has 0 radical (unpaired) electrons. The second-order valence-corrected chi connectivity index (χ2v) is 4.47. The molecule has 0 aliphatic carbocycles. The first-order valence-electron chi connectivity index (χ1n) is 6.07. The van der Waals surface area contributed by atoms with Crippen LogP contribution in [0.1, 0.15) is 32.5 Å². The summed E-state index contributed by atoms with van der Waals surface area (Å²) in [6.45, 7) is 8.70. The number of rotatable bonds is 4. The van der Waals surface area contributed by atoms with Crippen LogP contribution in [0.25, 0.3) is 0 Å². The Morgan fingerprint density at radius 2 is 2.17 bits per heavy atom. The van der Waals surface area contributed by atoms with Gasteiger partial charge in [-0.05, 0) is 27.7 Å². The number of hydrogen-bond acceptors (Lipinski definition) is 4. The van der Waals surface area contributed by atoms with Crippen molar-refractivity contribution in [2.24, 2.45) is 0 Å². The van der Waals surface area contributed by atoms with Gasteiger partial charge in [-0.15, -0.1) is 0 Å². The Kier molecular flexibility index (Phi) is 3.27. The third-order valence-corrected chi connectivity index (χ3v) is 2.75. The second kappa shape index (κ2) is 4.72. The van der Waals surface area contributed by atoms with Crippen molar-refractivity contribution < 1.29 is 4.74 Å². The van der Waals surface area contributed by atoms with Gasteiger partial charge in [0.2, 0.25) is 5.88 Å². The fourth-order valence-electron chi connectivity index (χ4n) is 1.66. The van der Waals surface area contributed by atoms with E-state index in [2.05, 4.69) is 24.0 Å². The summed E-state index contributed by atoms with van der Waals surface area (Å²) in [6, 6.07) is 0.303. The van der Waals surface area contributed by atoms with E-state index in [1.807, 2.05) is 24.7 Å². The first-order valence-corrected chi connectivity index (χ1v) is 6.07. The summed E-state index contributed by atoms with van der Waals surface area (Å²) in [7, 11) is 0. The normalized spacial score (nSPS) is 11.2. The van der Waals surface area contributed by atoms with Gasteiger partial charge in [-0.25, -0.2) is 4.68 Å². The van der Waals surface area contributed by atoms with E-state index in [9.17, 15) is 0 Å². The third-order valence-electron chi connectivity index (χ3n) is 2.75. The molecule has 6 heteroatoms. The molecule has 0 spiro atoms. The number of ether oxygens (including phenoxy) is 1. The molecule has 0 aromatic carbocycles. The lowest BCUT2D eigenvalue weighted by atomic mass is 10.4. The maximum Gasteiger partial charge on any atom is 0.241 e. The summed E-state index contributed by atoms with van der Waals surface area (Å²) in [5, 5.41) is 8.53. The molecule has 0 amide bonds. The summed E-state index contributed by atoms with van der Waals surface area (Å²) < 4.78 is 9.36. The third kappa shape index (κ3) is 2.18. The van der Waals surface area contributed by atoms with Crippen molar-refractivity contribution >= 4 is 5.69 Å². The van der Waals surface area contributed by atoms with Gasteiger partial charge < -0.3 is 10.5 Å². The van der Waals surface area contributed by atoms with Crippen molar-refractivity contribution in [3.05, 3.63) is 18.1 Å². The van der Waals surface area contributed by atoms with Gasteiger partial charge in [-0.1, -0.05) is 0 Å². The molecule has 0 aliphatic rings. The molecule has 2 aromatic heterocycles. The summed E-state index contributed by atoms with van der Waals surface area (Å²) in [4.78, 5) is 0. The van der Waals surface area contributed by atoms with Gasteiger partial charge in [0.25, 0.3) is 0 Å². The minimum Gasteiger partial charge on any atom is -0.434 e. The molecule has 18 heavy (non-hydrogen) atoms. The van der Waals surface area contributed by atoms with Gasteiger partial charge in [0.15, 0.2) is 5.75 Å². The van der Waals surface area contributed by atoms with Crippen LogP contribution in [0.3, 0.4) is 0 Å². The fraction of sp³-hybridized carbons (Fsp3) is 0.500. The maximum atomic E-state index is 5.96. The fourth-order valence-corrected chi connectivity index (χ4v) is 1.66. The minimum absolute atomic E-state index is 0.303. The number of hydrogen-bond donors (Lipinski definition) is 1. The highest BCUT2D eigenvalue weighted by Crippen LogP contribution is 2.29. The van der Waals surface area contributed by atoms with Gasteiger partial charge in [0.1, 0.15) is 5.69 Å². The lowest BCUT2D eigenvalue weighted by Gasteiger charge is -2.06. The lowest BCUT2D eigenvalue weighted by Crippen LogP contribution is -2.01. The van der Waals surface area contributed by atoms with Crippen LogP contribution < -0.4 is 10.5 Å². The predicted octanol–water partition coefficient (Wildman–Crippen LogP) is 2.36. The van der Waals surface area contributed by atoms with E-state index in [4.69, 9.17) is 10.5 Å². The first-order chi connectivity index (χ1) is 8.52. The van der Waals surface area contributed by atoms with Gasteiger partial charge in [-0.2, -0.15) is 10.2 Å². The molecular formula is C12H19N5O. The molecule has 2 rings (SSSR count). The molecule has 0 aliphatic heterocycles. The standard InChI is InChI=1S/C12H19N5O/c1-5-16-12(11(13)9(4)15-16)18-10-6-14-17(7-10)8(2)3/h6-8H,5,13H2,1-4H3. The SMILES string of the molecule is CCn1nc(C)c(N)c1Oc1cnn(C(C)C)c1. The lowest BCUT2D eigenvalue weighted by molar-refractivity contribution is 0.416. The van der Waals surface area contributed by atoms with Crippen LogP contribution in [0.15, 0.2) is 12.4 Å². The number of nitrogens with zero attached hydrogens (tertiary/aromatic N) is 4. The molecule has 0 fully saturated rings. The van der Waals surface area contributed by atoms with Crippen LogP contribution in [-0.4, -0.2) is 19.6 Å². The average molecular weight is 249 g/mol. The Balaban J connectivity index is 2.27. The molecule has 6 nitrogen and oxygen atoms in total. The highest BCUT2D eigenvalue weighted by atomic mass is 16.5. The van der Waals surface area contributed by atoms with E-state index < -0.39 is 0 Å². The summed E-state index contributed by atoms with van der Waals surface area (Å²) in [5.41, 5.74) is 7.32. The predicted molar refractivity (Wildman–Crippen MR) is 69.7 cm³/mol. The van der Waals surface area contributed by atoms with Crippen molar-refractivity contribution in [3.63, 3.8) is 0 Å². The molecule has 0 saturated heterocycles. The van der Waals surface area contributed by atoms with E-state index in [1.54, 1.807) is 10.9 Å². The number of anilines is 1. The number of nitrogen functional groups attached to an aromatic ring is 1. The first kappa shape index (κ1) is 12.5. The largest absolute Gasteiger partial charge is 0.434 e. The number of aryl methyl sites for hydroxylation is 2. The molecular weight excluding hydrogens is 230 g/mol. The number of aromatic nitrogens is 4. The molecule has 98 valence electrons. The van der Waals surface area contributed by atoms with Crippen LogP contribution in [0.4, 0.5) is 5.69 Å². The summed E-state index contributed by atoms with van der Waals surface area (Å²) in [6.07, 6.45) is 3.54. The zero-order valence-corrected chi connectivity index (χ0v) is 11.2. The van der Waals surface area contributed by atoms with Crippen molar-refractivity contribution in [1.82, 2.24) is 19.6 Å². The van der Waals surface area contributed by atoms with Gasteiger partial charge >= 0.3 is 0 Å². The summed E-state index contributed by atoms with van der Waals surface area (Å²) >= 11 is 0. The smallest absolute Gasteiger partial charge is 0.241 e.